The van der Waals surface area contributed by atoms with Crippen LogP contribution in [0.3, 0.4) is 0 Å². The first-order valence-electron chi connectivity index (χ1n) is 9.65. The number of hydrogen-bond donors (Lipinski definition) is 2. The maximum atomic E-state index is 13.1. The monoisotopic (exact) mass is 457 g/mol. The molecule has 1 aromatic heterocycles. The average molecular weight is 457 g/mol. The fraction of sp³-hybridized carbons (Fsp3) is 0.400. The van der Waals surface area contributed by atoms with Crippen LogP contribution in [0.25, 0.3) is 0 Å². The van der Waals surface area contributed by atoms with Gasteiger partial charge in [-0.3, -0.25) is 9.59 Å². The van der Waals surface area contributed by atoms with Gasteiger partial charge >= 0.3 is 6.18 Å². The number of rotatable bonds is 4. The Morgan fingerprint density at radius 2 is 1.94 bits per heavy atom. The largest absolute Gasteiger partial charge is 0.417 e. The SMILES string of the molecule is Cc1ccc(S(=O)(=O)N2CCCCC2C)cc1C(=O)Nc1cc(C(F)(F)F)c[nH]c1=O. The van der Waals surface area contributed by atoms with Crippen LogP contribution in [0.15, 0.2) is 40.2 Å². The number of piperidine rings is 1. The number of benzene rings is 1. The van der Waals surface area contributed by atoms with Crippen LogP contribution in [0.1, 0.15) is 47.7 Å². The number of alkyl halides is 3. The third kappa shape index (κ3) is 4.82. The number of aromatic nitrogens is 1. The molecule has 0 radical (unpaired) electrons. The molecule has 0 saturated carbocycles. The lowest BCUT2D eigenvalue weighted by atomic mass is 10.1. The van der Waals surface area contributed by atoms with E-state index in [1.807, 2.05) is 11.9 Å². The molecule has 7 nitrogen and oxygen atoms in total. The summed E-state index contributed by atoms with van der Waals surface area (Å²) >= 11 is 0. The highest BCUT2D eigenvalue weighted by atomic mass is 32.2. The summed E-state index contributed by atoms with van der Waals surface area (Å²) in [6.45, 7) is 3.75. The van der Waals surface area contributed by atoms with E-state index < -0.39 is 38.9 Å². The molecule has 1 aromatic carbocycles. The van der Waals surface area contributed by atoms with Crippen LogP contribution in [0.5, 0.6) is 0 Å². The molecule has 1 amide bonds. The molecule has 11 heteroatoms. The molecule has 1 fully saturated rings. The van der Waals surface area contributed by atoms with Gasteiger partial charge in [0, 0.05) is 24.3 Å². The molecule has 1 unspecified atom stereocenters. The zero-order valence-corrected chi connectivity index (χ0v) is 17.7. The number of carbonyl (C=O) groups excluding carboxylic acids is 1. The number of aromatic amines is 1. The molecule has 2 N–H and O–H groups in total. The number of aryl methyl sites for hydroxylation is 1. The Bertz CT molecular complexity index is 1160. The van der Waals surface area contributed by atoms with Gasteiger partial charge in [-0.25, -0.2) is 8.42 Å². The van der Waals surface area contributed by atoms with Crippen LogP contribution in [0.2, 0.25) is 0 Å². The van der Waals surface area contributed by atoms with Crippen molar-refractivity contribution in [3.05, 3.63) is 57.5 Å². The lowest BCUT2D eigenvalue weighted by molar-refractivity contribution is -0.137. The highest BCUT2D eigenvalue weighted by Gasteiger charge is 2.33. The quantitative estimate of drug-likeness (QED) is 0.734. The van der Waals surface area contributed by atoms with Crippen molar-refractivity contribution in [3.8, 4) is 0 Å². The van der Waals surface area contributed by atoms with Gasteiger partial charge in [0.25, 0.3) is 11.5 Å². The van der Waals surface area contributed by atoms with E-state index in [4.69, 9.17) is 0 Å². The number of halogens is 3. The Labute approximate surface area is 177 Å². The summed E-state index contributed by atoms with van der Waals surface area (Å²) in [7, 11) is -3.85. The van der Waals surface area contributed by atoms with E-state index >= 15 is 0 Å². The average Bonchev–Trinajstić information content (AvgIpc) is 2.69. The van der Waals surface area contributed by atoms with E-state index in [1.54, 1.807) is 6.92 Å². The molecule has 1 atom stereocenters. The molecule has 1 aliphatic heterocycles. The van der Waals surface area contributed by atoms with E-state index in [0.29, 0.717) is 24.4 Å². The normalized spacial score (nSPS) is 18.0. The Morgan fingerprint density at radius 3 is 2.58 bits per heavy atom. The van der Waals surface area contributed by atoms with E-state index in [1.165, 1.54) is 22.5 Å². The van der Waals surface area contributed by atoms with Gasteiger partial charge < -0.3 is 10.3 Å². The zero-order valence-electron chi connectivity index (χ0n) is 16.9. The predicted octanol–water partition coefficient (Wildman–Crippen LogP) is 3.52. The minimum absolute atomic E-state index is 0.0532. The Hall–Kier alpha value is -2.66. The number of H-pyrrole nitrogens is 1. The Balaban J connectivity index is 1.94. The standard InChI is InChI=1S/C20H22F3N3O4S/c1-12-6-7-15(31(29,30)26-8-4-3-5-13(26)2)10-16(12)18(27)25-17-9-14(20(21,22)23)11-24-19(17)28/h6-7,9-11,13H,3-5,8H2,1-2H3,(H,24,28)(H,25,27). The van der Waals surface area contributed by atoms with E-state index in [2.05, 4.69) is 5.32 Å². The maximum Gasteiger partial charge on any atom is 0.417 e. The third-order valence-electron chi connectivity index (χ3n) is 5.28. The molecule has 1 saturated heterocycles. The van der Waals surface area contributed by atoms with Gasteiger partial charge in [0.15, 0.2) is 0 Å². The summed E-state index contributed by atoms with van der Waals surface area (Å²) < 4.78 is 66.3. The number of nitrogens with zero attached hydrogens (tertiary/aromatic N) is 1. The van der Waals surface area contributed by atoms with Gasteiger partial charge in [0.05, 0.1) is 10.5 Å². The Kier molecular flexibility index (Phi) is 6.28. The number of hydrogen-bond acceptors (Lipinski definition) is 4. The van der Waals surface area contributed by atoms with Gasteiger partial charge in [-0.2, -0.15) is 17.5 Å². The van der Waals surface area contributed by atoms with Crippen LogP contribution >= 0.6 is 0 Å². The van der Waals surface area contributed by atoms with Crippen LogP contribution < -0.4 is 10.9 Å². The minimum Gasteiger partial charge on any atom is -0.327 e. The first-order chi connectivity index (χ1) is 14.4. The van der Waals surface area contributed by atoms with Crippen molar-refractivity contribution in [2.45, 2.75) is 50.2 Å². The fourth-order valence-electron chi connectivity index (χ4n) is 3.50. The van der Waals surface area contributed by atoms with Gasteiger partial charge in [-0.1, -0.05) is 12.5 Å². The summed E-state index contributed by atoms with van der Waals surface area (Å²) in [5.41, 5.74) is -2.27. The first-order valence-corrected chi connectivity index (χ1v) is 11.1. The smallest absolute Gasteiger partial charge is 0.327 e. The van der Waals surface area contributed by atoms with E-state index in [9.17, 15) is 31.2 Å². The second-order valence-corrected chi connectivity index (χ2v) is 9.41. The van der Waals surface area contributed by atoms with Crippen molar-refractivity contribution in [1.82, 2.24) is 9.29 Å². The maximum absolute atomic E-state index is 13.1. The zero-order chi connectivity index (χ0) is 23.0. The number of carbonyl (C=O) groups is 1. The lowest BCUT2D eigenvalue weighted by Gasteiger charge is -2.32. The highest BCUT2D eigenvalue weighted by Crippen LogP contribution is 2.30. The number of pyridine rings is 1. The summed E-state index contributed by atoms with van der Waals surface area (Å²) in [4.78, 5) is 26.4. The predicted molar refractivity (Wildman–Crippen MR) is 108 cm³/mol. The van der Waals surface area contributed by atoms with E-state index in [-0.39, 0.29) is 16.5 Å². The van der Waals surface area contributed by atoms with Crippen LogP contribution in [0.4, 0.5) is 18.9 Å². The number of sulfonamides is 1. The Morgan fingerprint density at radius 1 is 1.23 bits per heavy atom. The number of amides is 1. The summed E-state index contributed by atoms with van der Waals surface area (Å²) in [5.74, 6) is -0.883. The summed E-state index contributed by atoms with van der Waals surface area (Å²) in [6, 6.07) is 4.37. The van der Waals surface area contributed by atoms with Gasteiger partial charge in [0.1, 0.15) is 5.69 Å². The highest BCUT2D eigenvalue weighted by molar-refractivity contribution is 7.89. The molecule has 31 heavy (non-hydrogen) atoms. The van der Waals surface area contributed by atoms with Crippen molar-refractivity contribution in [2.75, 3.05) is 11.9 Å². The summed E-state index contributed by atoms with van der Waals surface area (Å²) in [5, 5.41) is 2.16. The van der Waals surface area contributed by atoms with Crippen LogP contribution in [0, 0.1) is 6.92 Å². The molecule has 2 aromatic rings. The molecule has 1 aliphatic rings. The molecule has 3 rings (SSSR count). The fourth-order valence-corrected chi connectivity index (χ4v) is 5.23. The molecule has 0 bridgehead atoms. The lowest BCUT2D eigenvalue weighted by Crippen LogP contribution is -2.42. The molecule has 0 aliphatic carbocycles. The topological polar surface area (TPSA) is 99.3 Å². The number of anilines is 1. The first kappa shape index (κ1) is 23.0. The summed E-state index contributed by atoms with van der Waals surface area (Å²) in [6.07, 6.45) is -1.80. The van der Waals surface area contributed by atoms with Gasteiger partial charge in [-0.05, 0) is 50.5 Å². The van der Waals surface area contributed by atoms with Crippen molar-refractivity contribution in [2.24, 2.45) is 0 Å². The molecule has 2 heterocycles. The second-order valence-electron chi connectivity index (χ2n) is 7.52. The van der Waals surface area contributed by atoms with Crippen molar-refractivity contribution >= 4 is 21.6 Å². The van der Waals surface area contributed by atoms with Gasteiger partial charge in [-0.15, -0.1) is 0 Å². The van der Waals surface area contributed by atoms with Crippen molar-refractivity contribution in [3.63, 3.8) is 0 Å². The number of nitrogens with one attached hydrogen (secondary N) is 2. The molecule has 168 valence electrons. The van der Waals surface area contributed by atoms with Crippen molar-refractivity contribution < 1.29 is 26.4 Å². The molecular weight excluding hydrogens is 435 g/mol. The van der Waals surface area contributed by atoms with Crippen molar-refractivity contribution in [1.29, 1.82) is 0 Å². The minimum atomic E-state index is -4.71. The molecule has 0 spiro atoms. The molecular formula is C20H22F3N3O4S. The second kappa shape index (κ2) is 8.46. The van der Waals surface area contributed by atoms with Gasteiger partial charge in [0.2, 0.25) is 10.0 Å². The van der Waals surface area contributed by atoms with Crippen LogP contribution in [-0.4, -0.2) is 36.2 Å². The van der Waals surface area contributed by atoms with Crippen LogP contribution in [-0.2, 0) is 16.2 Å². The third-order valence-corrected chi connectivity index (χ3v) is 7.29. The van der Waals surface area contributed by atoms with E-state index in [0.717, 1.165) is 19.3 Å².